The fourth-order valence-electron chi connectivity index (χ4n) is 1.45. The normalized spacial score (nSPS) is 11.1. The van der Waals surface area contributed by atoms with Crippen molar-refractivity contribution < 1.29 is 9.47 Å². The van der Waals surface area contributed by atoms with Crippen molar-refractivity contribution in [1.29, 1.82) is 0 Å². The van der Waals surface area contributed by atoms with Crippen molar-refractivity contribution in [2.24, 2.45) is 0 Å². The predicted octanol–water partition coefficient (Wildman–Crippen LogP) is 2.72. The standard InChI is InChI=1S/C14H21NO2/c1-11(2)17-13-8-7-12(6-5-9-15-3)10-14(13)16-4/h5-8,10-11,15H,9H2,1-4H3. The molecule has 1 rings (SSSR count). The van der Waals surface area contributed by atoms with Crippen LogP contribution in [0.1, 0.15) is 19.4 Å². The van der Waals surface area contributed by atoms with Crippen LogP contribution in [0.2, 0.25) is 0 Å². The number of methoxy groups -OCH3 is 1. The van der Waals surface area contributed by atoms with Crippen LogP contribution in [-0.4, -0.2) is 26.8 Å². The molecule has 0 heterocycles. The third kappa shape index (κ3) is 4.49. The summed E-state index contributed by atoms with van der Waals surface area (Å²) in [5.41, 5.74) is 1.10. The number of nitrogens with one attached hydrogen (secondary N) is 1. The van der Waals surface area contributed by atoms with E-state index in [1.165, 1.54) is 0 Å². The monoisotopic (exact) mass is 235 g/mol. The molecule has 3 heteroatoms. The highest BCUT2D eigenvalue weighted by molar-refractivity contribution is 5.56. The average molecular weight is 235 g/mol. The van der Waals surface area contributed by atoms with Crippen LogP contribution in [0.25, 0.3) is 6.08 Å². The first-order chi connectivity index (χ1) is 8.17. The van der Waals surface area contributed by atoms with E-state index in [0.717, 1.165) is 23.6 Å². The number of rotatable bonds is 6. The molecule has 17 heavy (non-hydrogen) atoms. The Balaban J connectivity index is 2.84. The first-order valence-electron chi connectivity index (χ1n) is 5.83. The molecule has 0 aliphatic rings. The van der Waals surface area contributed by atoms with Crippen molar-refractivity contribution in [2.75, 3.05) is 20.7 Å². The maximum absolute atomic E-state index is 5.66. The topological polar surface area (TPSA) is 30.5 Å². The molecule has 94 valence electrons. The number of ether oxygens (including phenoxy) is 2. The lowest BCUT2D eigenvalue weighted by atomic mass is 10.2. The van der Waals surface area contributed by atoms with Gasteiger partial charge in [-0.1, -0.05) is 18.2 Å². The molecule has 0 amide bonds. The van der Waals surface area contributed by atoms with Crippen molar-refractivity contribution >= 4 is 6.08 Å². The smallest absolute Gasteiger partial charge is 0.161 e. The van der Waals surface area contributed by atoms with Crippen LogP contribution in [0.15, 0.2) is 24.3 Å². The highest BCUT2D eigenvalue weighted by Crippen LogP contribution is 2.29. The molecule has 3 nitrogen and oxygen atoms in total. The van der Waals surface area contributed by atoms with Gasteiger partial charge in [-0.15, -0.1) is 0 Å². The molecule has 1 aromatic rings. The lowest BCUT2D eigenvalue weighted by Gasteiger charge is -2.13. The van der Waals surface area contributed by atoms with Crippen molar-refractivity contribution in [3.63, 3.8) is 0 Å². The molecule has 0 saturated heterocycles. The Morgan fingerprint density at radius 3 is 2.65 bits per heavy atom. The summed E-state index contributed by atoms with van der Waals surface area (Å²) in [7, 11) is 3.58. The van der Waals surface area contributed by atoms with Crippen LogP contribution < -0.4 is 14.8 Å². The molecule has 0 aliphatic heterocycles. The van der Waals surface area contributed by atoms with Gasteiger partial charge in [0, 0.05) is 6.54 Å². The molecule has 0 aromatic heterocycles. The molecule has 0 unspecified atom stereocenters. The van der Waals surface area contributed by atoms with Gasteiger partial charge in [0.15, 0.2) is 11.5 Å². The van der Waals surface area contributed by atoms with E-state index in [0.29, 0.717) is 0 Å². The van der Waals surface area contributed by atoms with Gasteiger partial charge in [0.2, 0.25) is 0 Å². The van der Waals surface area contributed by atoms with Gasteiger partial charge in [0.1, 0.15) is 0 Å². The fraction of sp³-hybridized carbons (Fsp3) is 0.429. The number of hydrogen-bond acceptors (Lipinski definition) is 3. The molecule has 0 bridgehead atoms. The van der Waals surface area contributed by atoms with Gasteiger partial charge >= 0.3 is 0 Å². The molecule has 0 aliphatic carbocycles. The molecule has 1 N–H and O–H groups in total. The number of hydrogen-bond donors (Lipinski definition) is 1. The minimum absolute atomic E-state index is 0.148. The minimum atomic E-state index is 0.148. The van der Waals surface area contributed by atoms with Gasteiger partial charge in [0.05, 0.1) is 13.2 Å². The van der Waals surface area contributed by atoms with Crippen LogP contribution >= 0.6 is 0 Å². The van der Waals surface area contributed by atoms with Crippen LogP contribution in [0.3, 0.4) is 0 Å². The predicted molar refractivity (Wildman–Crippen MR) is 71.7 cm³/mol. The summed E-state index contributed by atoms with van der Waals surface area (Å²) in [6, 6.07) is 5.94. The van der Waals surface area contributed by atoms with E-state index in [9.17, 15) is 0 Å². The first-order valence-corrected chi connectivity index (χ1v) is 5.83. The van der Waals surface area contributed by atoms with Crippen molar-refractivity contribution in [3.8, 4) is 11.5 Å². The molecular formula is C14H21NO2. The largest absolute Gasteiger partial charge is 0.493 e. The van der Waals surface area contributed by atoms with Crippen molar-refractivity contribution in [1.82, 2.24) is 5.32 Å². The lowest BCUT2D eigenvalue weighted by molar-refractivity contribution is 0.230. The lowest BCUT2D eigenvalue weighted by Crippen LogP contribution is -2.06. The second-order valence-electron chi connectivity index (χ2n) is 4.04. The zero-order valence-electron chi connectivity index (χ0n) is 11.0. The van der Waals surface area contributed by atoms with Gasteiger partial charge in [-0.05, 0) is 38.6 Å². The summed E-state index contributed by atoms with van der Waals surface area (Å²) in [6.07, 6.45) is 4.27. The third-order valence-electron chi connectivity index (χ3n) is 2.18. The highest BCUT2D eigenvalue weighted by Gasteiger charge is 2.06. The second-order valence-corrected chi connectivity index (χ2v) is 4.04. The summed E-state index contributed by atoms with van der Waals surface area (Å²) in [6.45, 7) is 4.85. The van der Waals surface area contributed by atoms with Gasteiger partial charge in [0.25, 0.3) is 0 Å². The average Bonchev–Trinajstić information content (AvgIpc) is 2.30. The van der Waals surface area contributed by atoms with Crippen LogP contribution in [-0.2, 0) is 0 Å². The third-order valence-corrected chi connectivity index (χ3v) is 2.18. The summed E-state index contributed by atoms with van der Waals surface area (Å²) < 4.78 is 11.0. The van der Waals surface area contributed by atoms with Crippen molar-refractivity contribution in [2.45, 2.75) is 20.0 Å². The van der Waals surface area contributed by atoms with E-state index in [1.54, 1.807) is 7.11 Å². The molecule has 0 spiro atoms. The Hall–Kier alpha value is -1.48. The quantitative estimate of drug-likeness (QED) is 0.822. The molecule has 0 atom stereocenters. The van der Waals surface area contributed by atoms with Gasteiger partial charge < -0.3 is 14.8 Å². The molecule has 0 radical (unpaired) electrons. The minimum Gasteiger partial charge on any atom is -0.493 e. The Kier molecular flexibility index (Phi) is 5.57. The summed E-state index contributed by atoms with van der Waals surface area (Å²) in [5.74, 6) is 1.55. The molecular weight excluding hydrogens is 214 g/mol. The molecule has 0 saturated carbocycles. The summed E-state index contributed by atoms with van der Waals surface area (Å²) in [4.78, 5) is 0. The Bertz CT molecular complexity index is 372. The van der Waals surface area contributed by atoms with Crippen LogP contribution in [0.4, 0.5) is 0 Å². The molecule has 0 fully saturated rings. The van der Waals surface area contributed by atoms with E-state index in [-0.39, 0.29) is 6.10 Å². The SMILES string of the molecule is CNCC=Cc1ccc(OC(C)C)c(OC)c1. The second kappa shape index (κ2) is 6.97. The summed E-state index contributed by atoms with van der Waals surface area (Å²) in [5, 5.41) is 3.06. The van der Waals surface area contributed by atoms with Gasteiger partial charge in [-0.2, -0.15) is 0 Å². The summed E-state index contributed by atoms with van der Waals surface area (Å²) >= 11 is 0. The number of benzene rings is 1. The zero-order valence-corrected chi connectivity index (χ0v) is 11.0. The van der Waals surface area contributed by atoms with Crippen molar-refractivity contribution in [3.05, 3.63) is 29.8 Å². The Morgan fingerprint density at radius 1 is 1.29 bits per heavy atom. The van der Waals surface area contributed by atoms with E-state index >= 15 is 0 Å². The van der Waals surface area contributed by atoms with E-state index in [2.05, 4.69) is 17.5 Å². The van der Waals surface area contributed by atoms with Crippen LogP contribution in [0, 0.1) is 0 Å². The Morgan fingerprint density at radius 2 is 2.06 bits per heavy atom. The van der Waals surface area contributed by atoms with Gasteiger partial charge in [-0.25, -0.2) is 0 Å². The van der Waals surface area contributed by atoms with E-state index < -0.39 is 0 Å². The first kappa shape index (κ1) is 13.6. The van der Waals surface area contributed by atoms with E-state index in [1.807, 2.05) is 39.1 Å². The molecule has 1 aromatic carbocycles. The highest BCUT2D eigenvalue weighted by atomic mass is 16.5. The van der Waals surface area contributed by atoms with Gasteiger partial charge in [-0.3, -0.25) is 0 Å². The Labute approximate surface area is 103 Å². The fourth-order valence-corrected chi connectivity index (χ4v) is 1.45. The van der Waals surface area contributed by atoms with E-state index in [4.69, 9.17) is 9.47 Å². The maximum atomic E-state index is 5.66. The number of likely N-dealkylation sites (N-methyl/N-ethyl adjacent to an activating group) is 1. The maximum Gasteiger partial charge on any atom is 0.161 e. The van der Waals surface area contributed by atoms with Crippen LogP contribution in [0.5, 0.6) is 11.5 Å². The zero-order chi connectivity index (χ0) is 12.7.